The number of hydrazine groups is 2. The number of nitrogens with one attached hydrogen (secondary N) is 2. The van der Waals surface area contributed by atoms with Gasteiger partial charge >= 0.3 is 0 Å². The second-order valence-corrected chi connectivity index (χ2v) is 6.02. The first-order valence-electron chi connectivity index (χ1n) is 7.72. The third-order valence-corrected chi connectivity index (χ3v) is 4.20. The zero-order valence-corrected chi connectivity index (χ0v) is 13.8. The van der Waals surface area contributed by atoms with Crippen LogP contribution in [-0.2, 0) is 28.5 Å². The van der Waals surface area contributed by atoms with Crippen molar-refractivity contribution in [2.24, 2.45) is 28.9 Å². The van der Waals surface area contributed by atoms with Crippen LogP contribution in [0.4, 0.5) is 0 Å². The van der Waals surface area contributed by atoms with Crippen molar-refractivity contribution in [1.82, 2.24) is 10.9 Å². The Bertz CT molecular complexity index is 463. The summed E-state index contributed by atoms with van der Waals surface area (Å²) in [6.07, 6.45) is 1.26. The summed E-state index contributed by atoms with van der Waals surface area (Å²) in [5, 5.41) is 0. The summed E-state index contributed by atoms with van der Waals surface area (Å²) in [4.78, 5) is 23.4. The molecule has 2 fully saturated rings. The maximum atomic E-state index is 11.7. The highest BCUT2D eigenvalue weighted by molar-refractivity contribution is 5.80. The van der Waals surface area contributed by atoms with Crippen LogP contribution in [0.5, 0.6) is 0 Å². The standard InChI is InChI=1S/C15H24N4O6/c1-3-9(11(20)18-16)13-22-5-15(6-23-13)7-24-14(25-8-15)10(4-2)12(21)19-17/h3-4,9-10,13-14H,1-2,5-8,16-17H2,(H,18,20)(H,19,21). The molecule has 2 atom stereocenters. The zero-order chi connectivity index (χ0) is 18.4. The van der Waals surface area contributed by atoms with Crippen molar-refractivity contribution in [3.63, 3.8) is 0 Å². The molecule has 0 radical (unpaired) electrons. The highest BCUT2D eigenvalue weighted by atomic mass is 16.7. The number of hydrogen-bond donors (Lipinski definition) is 4. The van der Waals surface area contributed by atoms with E-state index in [9.17, 15) is 9.59 Å². The molecule has 0 aromatic heterocycles. The van der Waals surface area contributed by atoms with Crippen LogP contribution in [0.1, 0.15) is 0 Å². The largest absolute Gasteiger partial charge is 0.351 e. The fourth-order valence-corrected chi connectivity index (χ4v) is 2.67. The van der Waals surface area contributed by atoms with Gasteiger partial charge in [0.2, 0.25) is 11.8 Å². The lowest BCUT2D eigenvalue weighted by molar-refractivity contribution is -0.310. The van der Waals surface area contributed by atoms with Crippen molar-refractivity contribution in [2.75, 3.05) is 26.4 Å². The Morgan fingerprint density at radius 1 is 0.880 bits per heavy atom. The molecular formula is C15H24N4O6. The SMILES string of the molecule is C=CC(C(=O)NN)C1OCC2(CO1)COC(C(C=C)C(=O)NN)OC2. The summed E-state index contributed by atoms with van der Waals surface area (Å²) in [6.45, 7) is 8.21. The molecule has 0 bridgehead atoms. The van der Waals surface area contributed by atoms with E-state index in [1.807, 2.05) is 10.9 Å². The molecule has 2 heterocycles. The van der Waals surface area contributed by atoms with Gasteiger partial charge in [-0.2, -0.15) is 0 Å². The van der Waals surface area contributed by atoms with Crippen LogP contribution in [0.15, 0.2) is 25.3 Å². The van der Waals surface area contributed by atoms with Crippen LogP contribution in [-0.4, -0.2) is 50.8 Å². The van der Waals surface area contributed by atoms with E-state index in [4.69, 9.17) is 30.6 Å². The van der Waals surface area contributed by atoms with Gasteiger partial charge in [0, 0.05) is 0 Å². The lowest BCUT2D eigenvalue weighted by Gasteiger charge is -2.45. The van der Waals surface area contributed by atoms with Gasteiger partial charge in [-0.25, -0.2) is 11.7 Å². The minimum absolute atomic E-state index is 0.258. The zero-order valence-electron chi connectivity index (χ0n) is 13.8. The molecule has 0 saturated carbocycles. The average molecular weight is 356 g/mol. The minimum Gasteiger partial charge on any atom is -0.351 e. The number of carbonyl (C=O) groups excluding carboxylic acids is 2. The average Bonchev–Trinajstić information content (AvgIpc) is 2.65. The molecule has 2 aliphatic rings. The van der Waals surface area contributed by atoms with Crippen molar-refractivity contribution >= 4 is 11.8 Å². The predicted octanol–water partition coefficient (Wildman–Crippen LogP) is -1.70. The summed E-state index contributed by atoms with van der Waals surface area (Å²) in [6, 6.07) is 0. The molecule has 140 valence electrons. The Kier molecular flexibility index (Phi) is 6.64. The normalized spacial score (nSPS) is 31.6. The summed E-state index contributed by atoms with van der Waals surface area (Å²) < 4.78 is 22.6. The fraction of sp³-hybridized carbons (Fsp3) is 0.600. The molecule has 2 unspecified atom stereocenters. The Labute approximate surface area is 145 Å². The van der Waals surface area contributed by atoms with Crippen LogP contribution < -0.4 is 22.5 Å². The van der Waals surface area contributed by atoms with Crippen molar-refractivity contribution in [3.05, 3.63) is 25.3 Å². The van der Waals surface area contributed by atoms with Gasteiger partial charge in [0.1, 0.15) is 11.8 Å². The summed E-state index contributed by atoms with van der Waals surface area (Å²) in [7, 11) is 0. The second-order valence-electron chi connectivity index (χ2n) is 6.02. The van der Waals surface area contributed by atoms with E-state index in [1.165, 1.54) is 12.2 Å². The Balaban J connectivity index is 1.91. The van der Waals surface area contributed by atoms with Gasteiger partial charge in [-0.1, -0.05) is 12.2 Å². The van der Waals surface area contributed by atoms with Crippen LogP contribution in [0.2, 0.25) is 0 Å². The van der Waals surface area contributed by atoms with Crippen LogP contribution in [0.25, 0.3) is 0 Å². The molecule has 2 saturated heterocycles. The number of carbonyl (C=O) groups is 2. The van der Waals surface area contributed by atoms with E-state index >= 15 is 0 Å². The molecule has 2 amide bonds. The molecule has 1 spiro atoms. The van der Waals surface area contributed by atoms with Crippen LogP contribution in [0.3, 0.4) is 0 Å². The van der Waals surface area contributed by atoms with Gasteiger partial charge in [-0.3, -0.25) is 20.4 Å². The summed E-state index contributed by atoms with van der Waals surface area (Å²) in [5.74, 6) is 7.93. The van der Waals surface area contributed by atoms with E-state index in [0.29, 0.717) is 0 Å². The topological polar surface area (TPSA) is 147 Å². The van der Waals surface area contributed by atoms with E-state index in [2.05, 4.69) is 13.2 Å². The molecule has 10 heteroatoms. The number of hydrogen-bond acceptors (Lipinski definition) is 8. The first-order valence-corrected chi connectivity index (χ1v) is 7.72. The maximum absolute atomic E-state index is 11.7. The van der Waals surface area contributed by atoms with E-state index in [1.54, 1.807) is 0 Å². The van der Waals surface area contributed by atoms with Gasteiger partial charge < -0.3 is 18.9 Å². The number of ether oxygens (including phenoxy) is 4. The van der Waals surface area contributed by atoms with Gasteiger partial charge in [-0.15, -0.1) is 13.2 Å². The first-order chi connectivity index (χ1) is 12.0. The molecule has 10 nitrogen and oxygen atoms in total. The first kappa shape index (κ1) is 19.5. The lowest BCUT2D eigenvalue weighted by Crippen LogP contribution is -2.56. The van der Waals surface area contributed by atoms with E-state index < -0.39 is 41.6 Å². The Hall–Kier alpha value is -1.82. The Morgan fingerprint density at radius 2 is 1.20 bits per heavy atom. The number of rotatable bonds is 6. The smallest absolute Gasteiger partial charge is 0.245 e. The maximum Gasteiger partial charge on any atom is 0.245 e. The molecule has 2 aliphatic heterocycles. The van der Waals surface area contributed by atoms with Crippen molar-refractivity contribution < 1.29 is 28.5 Å². The van der Waals surface area contributed by atoms with Gasteiger partial charge in [0.05, 0.1) is 31.8 Å². The van der Waals surface area contributed by atoms with Crippen LogP contribution in [0, 0.1) is 17.3 Å². The summed E-state index contributed by atoms with van der Waals surface area (Å²) >= 11 is 0. The van der Waals surface area contributed by atoms with E-state index in [-0.39, 0.29) is 26.4 Å². The molecule has 0 aromatic carbocycles. The summed E-state index contributed by atoms with van der Waals surface area (Å²) in [5.41, 5.74) is 3.57. The highest BCUT2D eigenvalue weighted by Crippen LogP contribution is 2.33. The molecule has 0 aliphatic carbocycles. The third-order valence-electron chi connectivity index (χ3n) is 4.20. The number of nitrogens with two attached hydrogens (primary N) is 2. The monoisotopic (exact) mass is 356 g/mol. The van der Waals surface area contributed by atoms with Crippen LogP contribution >= 0.6 is 0 Å². The van der Waals surface area contributed by atoms with Crippen molar-refractivity contribution in [1.29, 1.82) is 0 Å². The molecule has 2 rings (SSSR count). The van der Waals surface area contributed by atoms with E-state index in [0.717, 1.165) is 0 Å². The van der Waals surface area contributed by atoms with Gasteiger partial charge in [0.15, 0.2) is 12.6 Å². The quantitative estimate of drug-likeness (QED) is 0.191. The van der Waals surface area contributed by atoms with Crippen molar-refractivity contribution in [2.45, 2.75) is 12.6 Å². The second kappa shape index (κ2) is 8.52. The van der Waals surface area contributed by atoms with Gasteiger partial charge in [0.25, 0.3) is 0 Å². The minimum atomic E-state index is -0.784. The Morgan fingerprint density at radius 3 is 1.44 bits per heavy atom. The molecule has 0 aromatic rings. The fourth-order valence-electron chi connectivity index (χ4n) is 2.67. The third kappa shape index (κ3) is 4.24. The number of amides is 2. The van der Waals surface area contributed by atoms with Gasteiger partial charge in [-0.05, 0) is 0 Å². The molecular weight excluding hydrogens is 332 g/mol. The van der Waals surface area contributed by atoms with Crippen molar-refractivity contribution in [3.8, 4) is 0 Å². The highest BCUT2D eigenvalue weighted by Gasteiger charge is 2.45. The predicted molar refractivity (Wildman–Crippen MR) is 85.9 cm³/mol. The lowest BCUT2D eigenvalue weighted by atomic mass is 9.89. The molecule has 6 N–H and O–H groups in total. The molecule has 25 heavy (non-hydrogen) atoms.